The molecule has 0 aliphatic rings. The van der Waals surface area contributed by atoms with Crippen molar-refractivity contribution in [2.75, 3.05) is 0 Å². The van der Waals surface area contributed by atoms with Gasteiger partial charge in [0.05, 0.1) is 5.92 Å². The molecule has 1 amide bonds. The fourth-order valence-corrected chi connectivity index (χ4v) is 2.14. The van der Waals surface area contributed by atoms with Crippen LogP contribution in [0.15, 0.2) is 34.7 Å². The number of nitrogens with one attached hydrogen (secondary N) is 1. The number of para-hydroxylation sites is 1. The molecule has 1 unspecified atom stereocenters. The number of hydrogen-bond acceptors (Lipinski definition) is 3. The van der Waals surface area contributed by atoms with E-state index in [1.165, 1.54) is 0 Å². The summed E-state index contributed by atoms with van der Waals surface area (Å²) in [5.41, 5.74) is 0.714. The number of benzene rings is 1. The average molecular weight is 289 g/mol. The summed E-state index contributed by atoms with van der Waals surface area (Å²) >= 11 is 0. The summed E-state index contributed by atoms with van der Waals surface area (Å²) in [7, 11) is 0. The molecule has 2 atom stereocenters. The van der Waals surface area contributed by atoms with Gasteiger partial charge >= 0.3 is 5.97 Å². The van der Waals surface area contributed by atoms with E-state index in [9.17, 15) is 9.59 Å². The first kappa shape index (κ1) is 15.1. The van der Waals surface area contributed by atoms with Gasteiger partial charge in [-0.15, -0.1) is 0 Å². The van der Waals surface area contributed by atoms with Crippen molar-refractivity contribution < 1.29 is 19.1 Å². The van der Waals surface area contributed by atoms with Crippen LogP contribution in [-0.2, 0) is 9.59 Å². The van der Waals surface area contributed by atoms with Crippen LogP contribution in [-0.4, -0.2) is 23.0 Å². The fraction of sp³-hybridized carbons (Fsp3) is 0.375. The molecule has 5 heteroatoms. The van der Waals surface area contributed by atoms with Crippen LogP contribution in [0.1, 0.15) is 32.4 Å². The monoisotopic (exact) mass is 289 g/mol. The second-order valence-electron chi connectivity index (χ2n) is 5.48. The predicted molar refractivity (Wildman–Crippen MR) is 79.0 cm³/mol. The van der Waals surface area contributed by atoms with E-state index < -0.39 is 17.9 Å². The maximum absolute atomic E-state index is 12.2. The molecular weight excluding hydrogens is 270 g/mol. The molecule has 2 aromatic rings. The van der Waals surface area contributed by atoms with Crippen molar-refractivity contribution in [1.82, 2.24) is 5.32 Å². The third-order valence-corrected chi connectivity index (χ3v) is 3.50. The summed E-state index contributed by atoms with van der Waals surface area (Å²) in [6.45, 7) is 5.21. The van der Waals surface area contributed by atoms with Gasteiger partial charge in [0.1, 0.15) is 17.4 Å². The smallest absolute Gasteiger partial charge is 0.326 e. The lowest BCUT2D eigenvalue weighted by Gasteiger charge is -2.19. The Labute approximate surface area is 122 Å². The van der Waals surface area contributed by atoms with Gasteiger partial charge in [-0.2, -0.15) is 0 Å². The van der Waals surface area contributed by atoms with E-state index in [4.69, 9.17) is 9.52 Å². The molecule has 1 heterocycles. The van der Waals surface area contributed by atoms with Gasteiger partial charge < -0.3 is 14.8 Å². The van der Waals surface area contributed by atoms with Gasteiger partial charge in [0, 0.05) is 5.39 Å². The molecule has 0 aliphatic heterocycles. The molecule has 1 aromatic heterocycles. The number of carbonyl (C=O) groups is 2. The van der Waals surface area contributed by atoms with Crippen molar-refractivity contribution in [3.8, 4) is 0 Å². The number of amides is 1. The molecule has 0 spiro atoms. The van der Waals surface area contributed by atoms with Crippen molar-refractivity contribution in [3.05, 3.63) is 36.1 Å². The molecule has 2 rings (SSSR count). The molecule has 0 saturated heterocycles. The van der Waals surface area contributed by atoms with Crippen LogP contribution >= 0.6 is 0 Å². The van der Waals surface area contributed by atoms with Crippen LogP contribution in [0.25, 0.3) is 11.0 Å². The van der Waals surface area contributed by atoms with E-state index >= 15 is 0 Å². The van der Waals surface area contributed by atoms with Gasteiger partial charge in [0.25, 0.3) is 0 Å². The number of fused-ring (bicyclic) bond motifs is 1. The Hall–Kier alpha value is -2.30. The quantitative estimate of drug-likeness (QED) is 0.887. The minimum Gasteiger partial charge on any atom is -0.480 e. The number of rotatable bonds is 5. The Morgan fingerprint density at radius 2 is 1.86 bits per heavy atom. The van der Waals surface area contributed by atoms with E-state index in [0.717, 1.165) is 5.39 Å². The largest absolute Gasteiger partial charge is 0.480 e. The summed E-state index contributed by atoms with van der Waals surface area (Å²) in [4.78, 5) is 23.3. The van der Waals surface area contributed by atoms with Crippen molar-refractivity contribution in [2.24, 2.45) is 5.92 Å². The standard InChI is InChI=1S/C16H19NO4/c1-9(2)14(16(19)20)17-15(18)10(3)13-8-11-6-4-5-7-12(11)21-13/h4-10,14H,1-3H3,(H,17,18)(H,19,20)/t10?,14-/m1/s1. The topological polar surface area (TPSA) is 79.5 Å². The zero-order valence-electron chi connectivity index (χ0n) is 12.3. The lowest BCUT2D eigenvalue weighted by molar-refractivity contribution is -0.143. The van der Waals surface area contributed by atoms with Gasteiger partial charge in [-0.05, 0) is 25.0 Å². The molecule has 112 valence electrons. The number of furan rings is 1. The normalized spacial score (nSPS) is 14.1. The van der Waals surface area contributed by atoms with Crippen LogP contribution in [0.2, 0.25) is 0 Å². The number of aliphatic carboxylic acids is 1. The number of carbonyl (C=O) groups excluding carboxylic acids is 1. The highest BCUT2D eigenvalue weighted by molar-refractivity contribution is 5.88. The second-order valence-corrected chi connectivity index (χ2v) is 5.48. The van der Waals surface area contributed by atoms with Gasteiger partial charge in [-0.1, -0.05) is 32.0 Å². The van der Waals surface area contributed by atoms with Gasteiger partial charge in [0.15, 0.2) is 0 Å². The third-order valence-electron chi connectivity index (χ3n) is 3.50. The molecule has 21 heavy (non-hydrogen) atoms. The lowest BCUT2D eigenvalue weighted by Crippen LogP contribution is -2.45. The summed E-state index contributed by atoms with van der Waals surface area (Å²) in [6.07, 6.45) is 0. The van der Waals surface area contributed by atoms with Crippen LogP contribution in [0, 0.1) is 5.92 Å². The van der Waals surface area contributed by atoms with Gasteiger partial charge in [-0.3, -0.25) is 4.79 Å². The molecule has 1 aromatic carbocycles. The van der Waals surface area contributed by atoms with Crippen LogP contribution < -0.4 is 5.32 Å². The van der Waals surface area contributed by atoms with Gasteiger partial charge in [-0.25, -0.2) is 4.79 Å². The van der Waals surface area contributed by atoms with Crippen LogP contribution in [0.4, 0.5) is 0 Å². The summed E-state index contributed by atoms with van der Waals surface area (Å²) in [5.74, 6) is -1.58. The first-order valence-electron chi connectivity index (χ1n) is 6.91. The predicted octanol–water partition coefficient (Wildman–Crippen LogP) is 2.76. The zero-order chi connectivity index (χ0) is 15.6. The Kier molecular flexibility index (Phi) is 4.31. The highest BCUT2D eigenvalue weighted by Gasteiger charge is 2.27. The van der Waals surface area contributed by atoms with E-state index in [0.29, 0.717) is 11.3 Å². The highest BCUT2D eigenvalue weighted by atomic mass is 16.4. The zero-order valence-corrected chi connectivity index (χ0v) is 12.3. The van der Waals surface area contributed by atoms with Crippen molar-refractivity contribution in [2.45, 2.75) is 32.7 Å². The maximum Gasteiger partial charge on any atom is 0.326 e. The number of hydrogen-bond donors (Lipinski definition) is 2. The van der Waals surface area contributed by atoms with Gasteiger partial charge in [0.2, 0.25) is 5.91 Å². The first-order valence-corrected chi connectivity index (χ1v) is 6.91. The molecular formula is C16H19NO4. The SMILES string of the molecule is CC(C(=O)N[C@@H](C(=O)O)C(C)C)c1cc2ccccc2o1. The van der Waals surface area contributed by atoms with E-state index in [2.05, 4.69) is 5.32 Å². The lowest BCUT2D eigenvalue weighted by atomic mass is 10.0. The summed E-state index contributed by atoms with van der Waals surface area (Å²) < 4.78 is 5.65. The molecule has 0 radical (unpaired) electrons. The van der Waals surface area contributed by atoms with E-state index in [-0.39, 0.29) is 11.8 Å². The van der Waals surface area contributed by atoms with Crippen LogP contribution in [0.5, 0.6) is 0 Å². The highest BCUT2D eigenvalue weighted by Crippen LogP contribution is 2.25. The van der Waals surface area contributed by atoms with Crippen molar-refractivity contribution in [3.63, 3.8) is 0 Å². The summed E-state index contributed by atoms with van der Waals surface area (Å²) in [5, 5.41) is 12.6. The summed E-state index contributed by atoms with van der Waals surface area (Å²) in [6, 6.07) is 8.40. The third kappa shape index (κ3) is 3.24. The van der Waals surface area contributed by atoms with E-state index in [1.807, 2.05) is 30.3 Å². The molecule has 0 fully saturated rings. The Bertz CT molecular complexity index is 626. The van der Waals surface area contributed by atoms with Crippen molar-refractivity contribution >= 4 is 22.8 Å². The molecule has 0 bridgehead atoms. The molecule has 0 saturated carbocycles. The molecule has 2 N–H and O–H groups in total. The maximum atomic E-state index is 12.2. The first-order chi connectivity index (χ1) is 9.90. The molecule has 5 nitrogen and oxygen atoms in total. The number of carboxylic acid groups (broad SMARTS) is 1. The van der Waals surface area contributed by atoms with Crippen LogP contribution in [0.3, 0.4) is 0 Å². The fourth-order valence-electron chi connectivity index (χ4n) is 2.14. The Balaban J connectivity index is 2.16. The Morgan fingerprint density at radius 1 is 1.19 bits per heavy atom. The Morgan fingerprint density at radius 3 is 2.43 bits per heavy atom. The second kappa shape index (κ2) is 5.99. The van der Waals surface area contributed by atoms with Crippen molar-refractivity contribution in [1.29, 1.82) is 0 Å². The average Bonchev–Trinajstić information content (AvgIpc) is 2.86. The minimum absolute atomic E-state index is 0.186. The van der Waals surface area contributed by atoms with E-state index in [1.54, 1.807) is 20.8 Å². The number of carboxylic acids is 1. The minimum atomic E-state index is -1.03. The molecule has 0 aliphatic carbocycles.